The summed E-state index contributed by atoms with van der Waals surface area (Å²) < 4.78 is 13.7. The number of rotatable bonds is 3. The highest BCUT2D eigenvalue weighted by Gasteiger charge is 2.21. The number of hydrogen-bond acceptors (Lipinski definition) is 3. The summed E-state index contributed by atoms with van der Waals surface area (Å²) in [5.74, 6) is -0.366. The first-order chi connectivity index (χ1) is 8.08. The maximum atomic E-state index is 13.7. The number of halogens is 1. The first-order valence-corrected chi connectivity index (χ1v) is 5.96. The van der Waals surface area contributed by atoms with E-state index in [-0.39, 0.29) is 11.3 Å². The Morgan fingerprint density at radius 2 is 2.24 bits per heavy atom. The number of likely N-dealkylation sites (tertiary alicyclic amines) is 1. The van der Waals surface area contributed by atoms with Crippen LogP contribution >= 0.6 is 0 Å². The molecule has 3 nitrogen and oxygen atoms in total. The van der Waals surface area contributed by atoms with Crippen LogP contribution in [0.3, 0.4) is 0 Å². The minimum Gasteiger partial charge on any atom is -0.423 e. The lowest BCUT2D eigenvalue weighted by Crippen LogP contribution is -2.31. The van der Waals surface area contributed by atoms with Crippen LogP contribution in [0.25, 0.3) is 0 Å². The molecule has 1 fully saturated rings. The highest BCUT2D eigenvalue weighted by Crippen LogP contribution is 2.20. The van der Waals surface area contributed by atoms with Gasteiger partial charge in [-0.3, -0.25) is 4.90 Å². The molecule has 0 spiro atoms. The minimum absolute atomic E-state index is 0.195. The number of nitrogens with zero attached hydrogens (tertiary/aromatic N) is 1. The van der Waals surface area contributed by atoms with Crippen LogP contribution in [0.5, 0.6) is 0 Å². The maximum Gasteiger partial charge on any atom is 0.488 e. The van der Waals surface area contributed by atoms with Gasteiger partial charge in [-0.2, -0.15) is 0 Å². The summed E-state index contributed by atoms with van der Waals surface area (Å²) >= 11 is 0. The molecule has 5 heteroatoms. The third-order valence-corrected chi connectivity index (χ3v) is 3.44. The molecular weight excluding hydrogens is 220 g/mol. The Labute approximate surface area is 101 Å². The Morgan fingerprint density at radius 1 is 1.47 bits per heavy atom. The molecule has 1 aromatic rings. The zero-order chi connectivity index (χ0) is 12.4. The van der Waals surface area contributed by atoms with Gasteiger partial charge >= 0.3 is 7.12 Å². The molecule has 1 aliphatic heterocycles. The highest BCUT2D eigenvalue weighted by molar-refractivity contribution is 6.58. The van der Waals surface area contributed by atoms with Gasteiger partial charge in [0.15, 0.2) is 0 Å². The van der Waals surface area contributed by atoms with E-state index in [2.05, 4.69) is 11.8 Å². The summed E-state index contributed by atoms with van der Waals surface area (Å²) in [5.41, 5.74) is 0.809. The Balaban J connectivity index is 2.11. The average molecular weight is 237 g/mol. The van der Waals surface area contributed by atoms with Crippen LogP contribution in [-0.4, -0.2) is 34.7 Å². The van der Waals surface area contributed by atoms with Gasteiger partial charge in [0.25, 0.3) is 0 Å². The normalized spacial score (nSPS) is 20.8. The fourth-order valence-corrected chi connectivity index (χ4v) is 2.30. The van der Waals surface area contributed by atoms with Crippen LogP contribution in [0.4, 0.5) is 4.39 Å². The molecule has 1 heterocycles. The smallest absolute Gasteiger partial charge is 0.423 e. The van der Waals surface area contributed by atoms with Crippen LogP contribution < -0.4 is 5.46 Å². The van der Waals surface area contributed by atoms with Crippen molar-refractivity contribution in [2.24, 2.45) is 0 Å². The summed E-state index contributed by atoms with van der Waals surface area (Å²) in [6.07, 6.45) is 2.32. The van der Waals surface area contributed by atoms with E-state index in [4.69, 9.17) is 10.0 Å². The summed E-state index contributed by atoms with van der Waals surface area (Å²) in [5, 5.41) is 17.9. The van der Waals surface area contributed by atoms with Crippen molar-refractivity contribution in [1.82, 2.24) is 4.90 Å². The second-order valence-electron chi connectivity index (χ2n) is 4.69. The second kappa shape index (κ2) is 5.17. The quantitative estimate of drug-likeness (QED) is 0.752. The minimum atomic E-state index is -1.61. The highest BCUT2D eigenvalue weighted by atomic mass is 19.1. The van der Waals surface area contributed by atoms with E-state index >= 15 is 0 Å². The Kier molecular flexibility index (Phi) is 3.81. The molecule has 0 aliphatic carbocycles. The SMILES string of the molecule is CC1CCCN1Cc1ccc(B(O)O)cc1F. The van der Waals surface area contributed by atoms with E-state index in [9.17, 15) is 4.39 Å². The van der Waals surface area contributed by atoms with Gasteiger partial charge < -0.3 is 10.0 Å². The van der Waals surface area contributed by atoms with Gasteiger partial charge in [-0.15, -0.1) is 0 Å². The van der Waals surface area contributed by atoms with E-state index in [1.807, 2.05) is 0 Å². The molecule has 0 radical (unpaired) electrons. The molecule has 0 saturated carbocycles. The largest absolute Gasteiger partial charge is 0.488 e. The van der Waals surface area contributed by atoms with Gasteiger partial charge in [0.1, 0.15) is 5.82 Å². The predicted octanol–water partition coefficient (Wildman–Crippen LogP) is 0.490. The van der Waals surface area contributed by atoms with E-state index in [1.165, 1.54) is 6.07 Å². The van der Waals surface area contributed by atoms with Crippen LogP contribution in [0.1, 0.15) is 25.3 Å². The molecule has 2 N–H and O–H groups in total. The Morgan fingerprint density at radius 3 is 2.76 bits per heavy atom. The van der Waals surface area contributed by atoms with E-state index in [0.29, 0.717) is 18.2 Å². The predicted molar refractivity (Wildman–Crippen MR) is 65.3 cm³/mol. The van der Waals surface area contributed by atoms with Gasteiger partial charge in [-0.05, 0) is 37.8 Å². The third-order valence-electron chi connectivity index (χ3n) is 3.44. The fourth-order valence-electron chi connectivity index (χ4n) is 2.30. The molecule has 0 aromatic heterocycles. The van der Waals surface area contributed by atoms with Crippen molar-refractivity contribution in [2.45, 2.75) is 32.4 Å². The van der Waals surface area contributed by atoms with Gasteiger partial charge in [0.2, 0.25) is 0 Å². The van der Waals surface area contributed by atoms with Crippen LogP contribution in [0.15, 0.2) is 18.2 Å². The van der Waals surface area contributed by atoms with Crippen LogP contribution in [0.2, 0.25) is 0 Å². The summed E-state index contributed by atoms with van der Waals surface area (Å²) in [7, 11) is -1.61. The summed E-state index contributed by atoms with van der Waals surface area (Å²) in [6.45, 7) is 3.75. The second-order valence-corrected chi connectivity index (χ2v) is 4.69. The van der Waals surface area contributed by atoms with Gasteiger partial charge in [0, 0.05) is 18.2 Å². The van der Waals surface area contributed by atoms with Crippen molar-refractivity contribution < 1.29 is 14.4 Å². The molecule has 92 valence electrons. The average Bonchev–Trinajstić information content (AvgIpc) is 2.67. The maximum absolute atomic E-state index is 13.7. The Hall–Kier alpha value is -0.905. The zero-order valence-corrected chi connectivity index (χ0v) is 9.93. The van der Waals surface area contributed by atoms with Crippen molar-refractivity contribution in [3.05, 3.63) is 29.6 Å². The first kappa shape index (κ1) is 12.5. The van der Waals surface area contributed by atoms with Crippen molar-refractivity contribution in [3.63, 3.8) is 0 Å². The molecule has 1 saturated heterocycles. The van der Waals surface area contributed by atoms with Crippen molar-refractivity contribution in [2.75, 3.05) is 6.54 Å². The van der Waals surface area contributed by atoms with Gasteiger partial charge in [-0.1, -0.05) is 12.1 Å². The standard InChI is InChI=1S/C12H17BFNO2/c1-9-3-2-6-15(9)8-10-4-5-11(13(16)17)7-12(10)14/h4-5,7,9,16-17H,2-3,6,8H2,1H3. The number of benzene rings is 1. The lowest BCUT2D eigenvalue weighted by molar-refractivity contribution is 0.257. The molecule has 1 atom stereocenters. The lowest BCUT2D eigenvalue weighted by atomic mass is 9.80. The number of hydrogen-bond donors (Lipinski definition) is 2. The van der Waals surface area contributed by atoms with Crippen LogP contribution in [0, 0.1) is 5.82 Å². The monoisotopic (exact) mass is 237 g/mol. The van der Waals surface area contributed by atoms with Gasteiger partial charge in [0.05, 0.1) is 0 Å². The first-order valence-electron chi connectivity index (χ1n) is 5.96. The molecule has 1 aliphatic rings. The molecule has 0 bridgehead atoms. The zero-order valence-electron chi connectivity index (χ0n) is 9.93. The van der Waals surface area contributed by atoms with Crippen LogP contribution in [-0.2, 0) is 6.54 Å². The topological polar surface area (TPSA) is 43.7 Å². The molecule has 0 amide bonds. The molecule has 1 unspecified atom stereocenters. The summed E-state index contributed by atoms with van der Waals surface area (Å²) in [4.78, 5) is 2.24. The third kappa shape index (κ3) is 2.86. The Bertz CT molecular complexity index is 400. The summed E-state index contributed by atoms with van der Waals surface area (Å²) in [6, 6.07) is 4.89. The van der Waals surface area contributed by atoms with Crippen molar-refractivity contribution in [1.29, 1.82) is 0 Å². The van der Waals surface area contributed by atoms with Gasteiger partial charge in [-0.25, -0.2) is 4.39 Å². The van der Waals surface area contributed by atoms with Crippen molar-refractivity contribution >= 4 is 12.6 Å². The molecular formula is C12H17BFNO2. The van der Waals surface area contributed by atoms with E-state index in [0.717, 1.165) is 19.4 Å². The fraction of sp³-hybridized carbons (Fsp3) is 0.500. The molecule has 17 heavy (non-hydrogen) atoms. The molecule has 2 rings (SSSR count). The van der Waals surface area contributed by atoms with E-state index < -0.39 is 7.12 Å². The van der Waals surface area contributed by atoms with Crippen molar-refractivity contribution in [3.8, 4) is 0 Å². The molecule has 1 aromatic carbocycles. The lowest BCUT2D eigenvalue weighted by Gasteiger charge is -2.21. The van der Waals surface area contributed by atoms with E-state index in [1.54, 1.807) is 12.1 Å².